The van der Waals surface area contributed by atoms with E-state index in [9.17, 15) is 19.5 Å². The average molecular weight is 978 g/mol. The molecular formula is C61H103NO8. The Morgan fingerprint density at radius 3 is 1.21 bits per heavy atom. The number of hydrogen-bond donors (Lipinski definition) is 0. The minimum atomic E-state index is -1.63. The Hall–Kier alpha value is -3.79. The maximum absolute atomic E-state index is 12.8. The van der Waals surface area contributed by atoms with Crippen LogP contribution in [0.15, 0.2) is 97.2 Å². The Morgan fingerprint density at radius 1 is 0.443 bits per heavy atom. The lowest BCUT2D eigenvalue weighted by atomic mass is 10.0. The summed E-state index contributed by atoms with van der Waals surface area (Å²) in [5.74, 6) is -2.32. The Labute approximate surface area is 429 Å². The van der Waals surface area contributed by atoms with E-state index in [4.69, 9.17) is 18.9 Å². The van der Waals surface area contributed by atoms with Crippen LogP contribution in [0.1, 0.15) is 213 Å². The second kappa shape index (κ2) is 51.6. The minimum absolute atomic E-state index is 0.138. The Balaban J connectivity index is 4.35. The Morgan fingerprint density at radius 2 is 0.814 bits per heavy atom. The molecule has 0 heterocycles. The molecule has 0 saturated heterocycles. The first kappa shape index (κ1) is 66.2. The molecule has 0 rings (SSSR count). The monoisotopic (exact) mass is 978 g/mol. The molecule has 0 aromatic heterocycles. The second-order valence-electron chi connectivity index (χ2n) is 19.5. The molecular weight excluding hydrogens is 875 g/mol. The predicted octanol–water partition coefficient (Wildman–Crippen LogP) is 14.8. The topological polar surface area (TPSA) is 111 Å². The molecule has 0 spiro atoms. The van der Waals surface area contributed by atoms with Crippen molar-refractivity contribution >= 4 is 17.9 Å². The first-order chi connectivity index (χ1) is 34.1. The van der Waals surface area contributed by atoms with Crippen LogP contribution in [0.4, 0.5) is 0 Å². The zero-order valence-electron chi connectivity index (χ0n) is 45.4. The highest BCUT2D eigenvalue weighted by atomic mass is 16.7. The first-order valence-corrected chi connectivity index (χ1v) is 27.9. The lowest BCUT2D eigenvalue weighted by Crippen LogP contribution is -2.44. The van der Waals surface area contributed by atoms with Gasteiger partial charge in [0.25, 0.3) is 0 Å². The number of carboxylic acids is 1. The smallest absolute Gasteiger partial charge is 0.306 e. The van der Waals surface area contributed by atoms with E-state index in [1.807, 2.05) is 21.1 Å². The summed E-state index contributed by atoms with van der Waals surface area (Å²) < 4.78 is 22.6. The van der Waals surface area contributed by atoms with Crippen LogP contribution >= 0.6 is 0 Å². The van der Waals surface area contributed by atoms with Gasteiger partial charge in [-0.2, -0.15) is 0 Å². The number of carboxylic acid groups (broad SMARTS) is 1. The van der Waals surface area contributed by atoms with Crippen molar-refractivity contribution in [1.29, 1.82) is 0 Å². The van der Waals surface area contributed by atoms with E-state index >= 15 is 0 Å². The summed E-state index contributed by atoms with van der Waals surface area (Å²) in [6, 6.07) is 0. The third kappa shape index (κ3) is 52.0. The third-order valence-corrected chi connectivity index (χ3v) is 11.6. The van der Waals surface area contributed by atoms with Gasteiger partial charge in [-0.1, -0.05) is 220 Å². The fourth-order valence-electron chi connectivity index (χ4n) is 7.32. The lowest BCUT2D eigenvalue weighted by molar-refractivity contribution is -0.870. The number of likely N-dealkylation sites (N-methyl/N-ethyl adjacent to an activating group) is 1. The van der Waals surface area contributed by atoms with E-state index in [0.29, 0.717) is 17.4 Å². The van der Waals surface area contributed by atoms with Gasteiger partial charge in [0, 0.05) is 12.8 Å². The highest BCUT2D eigenvalue weighted by molar-refractivity contribution is 5.70. The van der Waals surface area contributed by atoms with E-state index < -0.39 is 24.3 Å². The molecule has 0 saturated carbocycles. The molecule has 0 radical (unpaired) electrons. The number of esters is 2. The van der Waals surface area contributed by atoms with Crippen molar-refractivity contribution in [3.05, 3.63) is 97.2 Å². The largest absolute Gasteiger partial charge is 0.545 e. The normalized spacial score (nSPS) is 13.6. The van der Waals surface area contributed by atoms with Crippen molar-refractivity contribution in [3.8, 4) is 0 Å². The number of unbranched alkanes of at least 4 members (excludes halogenated alkanes) is 19. The molecule has 0 amide bonds. The molecule has 400 valence electrons. The molecule has 0 fully saturated rings. The molecule has 0 bridgehead atoms. The van der Waals surface area contributed by atoms with E-state index in [1.54, 1.807) is 0 Å². The number of aliphatic carboxylic acids is 1. The number of quaternary nitrogens is 1. The summed E-state index contributed by atoms with van der Waals surface area (Å²) in [6.07, 6.45) is 65.9. The summed E-state index contributed by atoms with van der Waals surface area (Å²) in [4.78, 5) is 37.2. The fourth-order valence-corrected chi connectivity index (χ4v) is 7.32. The molecule has 70 heavy (non-hydrogen) atoms. The van der Waals surface area contributed by atoms with E-state index in [1.165, 1.54) is 83.5 Å². The standard InChI is InChI=1S/C61H103NO8/c1-6-8-10-12-14-16-18-20-22-24-25-26-27-28-29-30-31-32-33-34-35-36-38-40-42-44-46-48-50-52-59(64)70-57(56-69-61(60(65)66)67-54-53-62(3,4)5)55-68-58(63)51-49-47-45-43-41-39-37-23-21-19-17-15-13-11-9-7-2/h8,10,14,16,20,22,25-26,28-29,31-32,34-35,38,40,57,61H,6-7,9,11-13,15,17-19,21,23-24,27,30,33,36-37,39,41-56H2,1-5H3/b10-8-,16-14-,22-20-,26-25-,29-28-,32-31-,35-34-,40-38-. The number of ether oxygens (including phenoxy) is 4. The number of allylic oxidation sites excluding steroid dienone is 16. The first-order valence-electron chi connectivity index (χ1n) is 27.9. The van der Waals surface area contributed by atoms with Gasteiger partial charge in [0.2, 0.25) is 0 Å². The van der Waals surface area contributed by atoms with Gasteiger partial charge in [-0.3, -0.25) is 9.59 Å². The van der Waals surface area contributed by atoms with Crippen molar-refractivity contribution < 1.29 is 42.9 Å². The summed E-state index contributed by atoms with van der Waals surface area (Å²) in [6.45, 7) is 4.60. The van der Waals surface area contributed by atoms with Crippen LogP contribution in [0.25, 0.3) is 0 Å². The van der Waals surface area contributed by atoms with Gasteiger partial charge in [-0.05, 0) is 77.0 Å². The van der Waals surface area contributed by atoms with E-state index in [2.05, 4.69) is 111 Å². The summed E-state index contributed by atoms with van der Waals surface area (Å²) in [7, 11) is 5.90. The van der Waals surface area contributed by atoms with Gasteiger partial charge >= 0.3 is 11.9 Å². The molecule has 0 aliphatic rings. The maximum atomic E-state index is 12.8. The third-order valence-electron chi connectivity index (χ3n) is 11.6. The van der Waals surface area contributed by atoms with Crippen LogP contribution in [-0.2, 0) is 33.3 Å². The van der Waals surface area contributed by atoms with Crippen LogP contribution in [-0.4, -0.2) is 82.3 Å². The zero-order chi connectivity index (χ0) is 51.3. The van der Waals surface area contributed by atoms with Gasteiger partial charge < -0.3 is 33.3 Å². The van der Waals surface area contributed by atoms with Crippen LogP contribution in [0.2, 0.25) is 0 Å². The predicted molar refractivity (Wildman–Crippen MR) is 292 cm³/mol. The van der Waals surface area contributed by atoms with Gasteiger partial charge in [-0.25, -0.2) is 0 Å². The summed E-state index contributed by atoms with van der Waals surface area (Å²) in [5.41, 5.74) is 0. The second-order valence-corrected chi connectivity index (χ2v) is 19.5. The molecule has 9 heteroatoms. The quantitative estimate of drug-likeness (QED) is 0.0195. The van der Waals surface area contributed by atoms with Crippen molar-refractivity contribution in [1.82, 2.24) is 0 Å². The fraction of sp³-hybridized carbons (Fsp3) is 0.689. The average Bonchev–Trinajstić information content (AvgIpc) is 3.33. The molecule has 0 aliphatic heterocycles. The molecule has 0 N–H and O–H groups in total. The molecule has 0 aromatic rings. The van der Waals surface area contributed by atoms with Crippen LogP contribution < -0.4 is 5.11 Å². The summed E-state index contributed by atoms with van der Waals surface area (Å²) in [5, 5.41) is 11.8. The Kier molecular flexibility index (Phi) is 48.8. The highest BCUT2D eigenvalue weighted by Gasteiger charge is 2.22. The number of rotatable bonds is 50. The van der Waals surface area contributed by atoms with Crippen LogP contribution in [0, 0.1) is 0 Å². The van der Waals surface area contributed by atoms with Gasteiger partial charge in [0.15, 0.2) is 12.4 Å². The van der Waals surface area contributed by atoms with E-state index in [0.717, 1.165) is 96.3 Å². The molecule has 9 nitrogen and oxygen atoms in total. The highest BCUT2D eigenvalue weighted by Crippen LogP contribution is 2.15. The maximum Gasteiger partial charge on any atom is 0.306 e. The van der Waals surface area contributed by atoms with Gasteiger partial charge in [-0.15, -0.1) is 0 Å². The number of carbonyl (C=O) groups excluding carboxylic acids is 3. The molecule has 2 atom stereocenters. The van der Waals surface area contributed by atoms with Gasteiger partial charge in [0.1, 0.15) is 13.2 Å². The lowest BCUT2D eigenvalue weighted by Gasteiger charge is -2.26. The Bertz CT molecular complexity index is 1470. The van der Waals surface area contributed by atoms with Crippen molar-refractivity contribution in [2.75, 3.05) is 47.5 Å². The van der Waals surface area contributed by atoms with Crippen LogP contribution in [0.5, 0.6) is 0 Å². The summed E-state index contributed by atoms with van der Waals surface area (Å²) >= 11 is 0. The molecule has 2 unspecified atom stereocenters. The zero-order valence-corrected chi connectivity index (χ0v) is 45.4. The van der Waals surface area contributed by atoms with Gasteiger partial charge in [0.05, 0.1) is 40.3 Å². The number of hydrogen-bond acceptors (Lipinski definition) is 8. The van der Waals surface area contributed by atoms with Crippen molar-refractivity contribution in [3.63, 3.8) is 0 Å². The van der Waals surface area contributed by atoms with Crippen molar-refractivity contribution in [2.45, 2.75) is 225 Å². The SMILES string of the molecule is CC/C=C\C/C=C\C/C=C\C/C=C\C/C=C\C/C=C\C/C=C\C/C=C\CCCCCCC(=O)OC(COC(=O)CCCCCCCCCCCCCCCCCC)COC(OCC[N+](C)(C)C)C(=O)[O-]. The minimum Gasteiger partial charge on any atom is -0.545 e. The number of nitrogens with zero attached hydrogens (tertiary/aromatic N) is 1. The molecule has 0 aliphatic carbocycles. The van der Waals surface area contributed by atoms with E-state index in [-0.39, 0.29) is 38.6 Å². The van der Waals surface area contributed by atoms with Crippen molar-refractivity contribution in [2.24, 2.45) is 0 Å². The van der Waals surface area contributed by atoms with Crippen LogP contribution in [0.3, 0.4) is 0 Å². The number of carbonyl (C=O) groups is 3. The molecule has 0 aromatic carbocycles.